The molecule has 3 fully saturated rings. The number of nitrogens with zero attached hydrogens (tertiary/aromatic N) is 1. The van der Waals surface area contributed by atoms with E-state index in [1.807, 2.05) is 35.3 Å². The van der Waals surface area contributed by atoms with Gasteiger partial charge < -0.3 is 4.90 Å². The number of rotatable bonds is 2. The van der Waals surface area contributed by atoms with Crippen LogP contribution in [0.5, 0.6) is 0 Å². The number of hydrogen-bond acceptors (Lipinski definition) is 1. The van der Waals surface area contributed by atoms with Gasteiger partial charge in [-0.25, -0.2) is 0 Å². The van der Waals surface area contributed by atoms with Crippen molar-refractivity contribution < 1.29 is 4.79 Å². The van der Waals surface area contributed by atoms with Crippen LogP contribution in [0.15, 0.2) is 0 Å². The number of amides is 1. The van der Waals surface area contributed by atoms with Crippen molar-refractivity contribution in [3.8, 4) is 0 Å². The zero-order valence-corrected chi connectivity index (χ0v) is 11.3. The fourth-order valence-electron chi connectivity index (χ4n) is 2.64. The van der Waals surface area contributed by atoms with Crippen molar-refractivity contribution in [1.29, 1.82) is 0 Å². The zero-order chi connectivity index (χ0) is 13.2. The first-order valence-electron chi connectivity index (χ1n) is 6.47. The lowest BCUT2D eigenvalue weighted by Gasteiger charge is -2.55. The lowest BCUT2D eigenvalue weighted by atomic mass is 8.72. The molecule has 3 heterocycles. The van der Waals surface area contributed by atoms with E-state index in [4.69, 9.17) is 0 Å². The highest BCUT2D eigenvalue weighted by Crippen LogP contribution is 2.52. The fraction of sp³-hybridized carbons (Fsp3) is 0.857. The average Bonchev–Trinajstić information content (AvgIpc) is 2.36. The van der Waals surface area contributed by atoms with E-state index in [1.165, 1.54) is 0 Å². The molecule has 2 bridgehead atoms. The second kappa shape index (κ2) is 6.01. The Hall–Kier alpha value is 0.0544. The summed E-state index contributed by atoms with van der Waals surface area (Å²) in [5.74, 6) is 0.673. The molecule has 11 heteroatoms. The van der Waals surface area contributed by atoms with Crippen LogP contribution in [0.1, 0.15) is 13.3 Å². The van der Waals surface area contributed by atoms with E-state index in [-0.39, 0.29) is 11.1 Å². The number of hydrogen-bond donors (Lipinski definition) is 0. The van der Waals surface area contributed by atoms with Crippen LogP contribution < -0.4 is 0 Å². The molecule has 3 aliphatic heterocycles. The van der Waals surface area contributed by atoms with Gasteiger partial charge in [-0.1, -0.05) is 18.0 Å². The molecule has 0 spiro atoms. The van der Waals surface area contributed by atoms with Crippen molar-refractivity contribution in [2.75, 3.05) is 14.1 Å². The standard InChI is InChI=1S/C7H12B9NO/c1-5-7(4-6(18)17(2)3)8-10-11-12-13-14-15-16(5)9-7/h5H,4H2,1-3H3. The Morgan fingerprint density at radius 3 is 2.56 bits per heavy atom. The molecule has 0 N–H and O–H groups in total. The number of carbonyl (C=O) groups excluding carboxylic acids is 1. The lowest BCUT2D eigenvalue weighted by Crippen LogP contribution is -2.64. The highest BCUT2D eigenvalue weighted by molar-refractivity contribution is 7.72. The van der Waals surface area contributed by atoms with Crippen LogP contribution in [0.3, 0.4) is 0 Å². The largest absolute Gasteiger partial charge is 0.349 e. The molecule has 0 aliphatic carbocycles. The summed E-state index contributed by atoms with van der Waals surface area (Å²) in [4.78, 5) is 13.6. The molecule has 1 amide bonds. The Morgan fingerprint density at radius 1 is 1.22 bits per heavy atom. The Kier molecular flexibility index (Phi) is 4.83. The molecule has 0 saturated carbocycles. The molecular weight excluding hydrogens is 211 g/mol. The van der Waals surface area contributed by atoms with Crippen LogP contribution in [0, 0.1) is 0 Å². The van der Waals surface area contributed by atoms with Gasteiger partial charge in [-0.2, -0.15) is 0 Å². The predicted molar refractivity (Wildman–Crippen MR) is 87.2 cm³/mol. The van der Waals surface area contributed by atoms with Crippen molar-refractivity contribution in [2.45, 2.75) is 24.4 Å². The second-order valence-electron chi connectivity index (χ2n) is 5.43. The normalized spacial score (nSPS) is 29.1. The zero-order valence-electron chi connectivity index (χ0n) is 11.3. The predicted octanol–water partition coefficient (Wildman–Crippen LogP) is -2.39. The SMILES string of the molecule is CC1B2[B][B][B][B][B][B][B]C1(CC(=O)N(C)C)[B]2. The number of carbonyl (C=O) groups is 1. The molecule has 3 aliphatic rings. The van der Waals surface area contributed by atoms with Gasteiger partial charge in [0.15, 0.2) is 0 Å². The monoisotopic (exact) mass is 225 g/mol. The van der Waals surface area contributed by atoms with E-state index >= 15 is 0 Å². The molecule has 0 aromatic rings. The summed E-state index contributed by atoms with van der Waals surface area (Å²) in [5.41, 5.74) is 0. The molecule has 3 rings (SSSR count). The van der Waals surface area contributed by atoms with Crippen LogP contribution in [0.2, 0.25) is 11.0 Å². The molecule has 0 aromatic heterocycles. The topological polar surface area (TPSA) is 20.3 Å². The second-order valence-corrected chi connectivity index (χ2v) is 5.43. The summed E-state index contributed by atoms with van der Waals surface area (Å²) in [6, 6.07) is 0. The van der Waals surface area contributed by atoms with Crippen molar-refractivity contribution >= 4 is 69.1 Å². The van der Waals surface area contributed by atoms with Gasteiger partial charge in [0.1, 0.15) is 0 Å². The van der Waals surface area contributed by atoms with Gasteiger partial charge in [0.05, 0.1) is 20.8 Å². The van der Waals surface area contributed by atoms with E-state index in [0.29, 0.717) is 18.7 Å². The third-order valence-electron chi connectivity index (χ3n) is 4.07. The summed E-state index contributed by atoms with van der Waals surface area (Å²) in [7, 11) is 20.6. The summed E-state index contributed by atoms with van der Waals surface area (Å²) < 4.78 is 0. The Balaban J connectivity index is 2.01. The first kappa shape index (κ1) is 14.5. The Morgan fingerprint density at radius 2 is 1.89 bits per heavy atom. The minimum atomic E-state index is -0.0714. The molecule has 2 unspecified atom stereocenters. The summed E-state index contributed by atoms with van der Waals surface area (Å²) in [5, 5.41) is -0.0714. The maximum absolute atomic E-state index is 12.0. The average molecular weight is 223 g/mol. The molecular formula is C7H12B9NO. The highest BCUT2D eigenvalue weighted by atomic mass is 16.2. The smallest absolute Gasteiger partial charge is 0.221 e. The van der Waals surface area contributed by atoms with Crippen molar-refractivity contribution in [2.24, 2.45) is 0 Å². The van der Waals surface area contributed by atoms with E-state index in [1.54, 1.807) is 4.90 Å². The van der Waals surface area contributed by atoms with Crippen molar-refractivity contribution in [1.82, 2.24) is 4.90 Å². The van der Waals surface area contributed by atoms with Gasteiger partial charge in [0.25, 0.3) is 0 Å². The van der Waals surface area contributed by atoms with Gasteiger partial charge in [-0.15, -0.1) is 0 Å². The van der Waals surface area contributed by atoms with Crippen LogP contribution in [-0.2, 0) is 4.79 Å². The van der Waals surface area contributed by atoms with E-state index < -0.39 is 0 Å². The quantitative estimate of drug-likeness (QED) is 0.479. The van der Waals surface area contributed by atoms with Crippen molar-refractivity contribution in [3.05, 3.63) is 0 Å². The third kappa shape index (κ3) is 2.96. The molecule has 2 atom stereocenters. The van der Waals surface area contributed by atoms with Gasteiger partial charge in [0.2, 0.25) is 5.91 Å². The molecule has 8 radical (unpaired) electrons. The molecule has 3 saturated heterocycles. The van der Waals surface area contributed by atoms with Crippen molar-refractivity contribution in [3.63, 3.8) is 0 Å². The Labute approximate surface area is 117 Å². The summed E-state index contributed by atoms with van der Waals surface area (Å²) in [6.07, 6.45) is 0.569. The summed E-state index contributed by atoms with van der Waals surface area (Å²) >= 11 is 0. The van der Waals surface area contributed by atoms with Gasteiger partial charge >= 0.3 is 0 Å². The minimum Gasteiger partial charge on any atom is -0.349 e. The van der Waals surface area contributed by atoms with E-state index in [9.17, 15) is 4.79 Å². The van der Waals surface area contributed by atoms with Crippen LogP contribution in [0.25, 0.3) is 0 Å². The van der Waals surface area contributed by atoms with Crippen LogP contribution in [-0.4, -0.2) is 88.1 Å². The van der Waals surface area contributed by atoms with Gasteiger partial charge in [-0.05, 0) is 0 Å². The third-order valence-corrected chi connectivity index (χ3v) is 4.07. The van der Waals surface area contributed by atoms with Crippen LogP contribution >= 0.6 is 0 Å². The summed E-state index contributed by atoms with van der Waals surface area (Å²) in [6.45, 7) is 2.71. The van der Waals surface area contributed by atoms with E-state index in [2.05, 4.69) is 42.4 Å². The fourth-order valence-corrected chi connectivity index (χ4v) is 2.64. The molecule has 0 aromatic carbocycles. The van der Waals surface area contributed by atoms with Gasteiger partial charge in [0, 0.05) is 62.9 Å². The molecule has 2 nitrogen and oxygen atoms in total. The van der Waals surface area contributed by atoms with E-state index in [0.717, 1.165) is 0 Å². The first-order chi connectivity index (χ1) is 8.55. The molecule has 18 heavy (non-hydrogen) atoms. The Bertz CT molecular complexity index is 311. The van der Waals surface area contributed by atoms with Gasteiger partial charge in [-0.3, -0.25) is 4.79 Å². The number of fused-ring (bicyclic) bond motifs is 6. The minimum absolute atomic E-state index is 0.0714. The first-order valence-corrected chi connectivity index (χ1v) is 6.47. The maximum Gasteiger partial charge on any atom is 0.221 e. The highest BCUT2D eigenvalue weighted by Gasteiger charge is 2.51. The maximum atomic E-state index is 12.0. The lowest BCUT2D eigenvalue weighted by molar-refractivity contribution is -0.129. The van der Waals surface area contributed by atoms with Crippen LogP contribution in [0.4, 0.5) is 0 Å². The molecule has 78 valence electrons.